The zero-order chi connectivity index (χ0) is 14.4. The lowest BCUT2D eigenvalue weighted by Crippen LogP contribution is -2.37. The third-order valence-corrected chi connectivity index (χ3v) is 3.51. The Balaban J connectivity index is 1.90. The van der Waals surface area contributed by atoms with Gasteiger partial charge in [-0.2, -0.15) is 4.98 Å². The minimum Gasteiger partial charge on any atom is -0.375 e. The Hall–Kier alpha value is -1.08. The highest BCUT2D eigenvalue weighted by atomic mass is 19.3. The average Bonchev–Trinajstić information content (AvgIpc) is 3.04. The van der Waals surface area contributed by atoms with E-state index in [1.54, 1.807) is 0 Å². The van der Waals surface area contributed by atoms with Gasteiger partial charge in [0, 0.05) is 6.42 Å². The van der Waals surface area contributed by atoms with Crippen LogP contribution in [0.5, 0.6) is 0 Å². The SMILES string of the molecule is CCCC1(c2nc(CCOCC(F)F)no2)CCCN1. The predicted octanol–water partition coefficient (Wildman–Crippen LogP) is 2.27. The van der Waals surface area contributed by atoms with E-state index in [0.717, 1.165) is 32.2 Å². The summed E-state index contributed by atoms with van der Waals surface area (Å²) in [5, 5.41) is 7.37. The van der Waals surface area contributed by atoms with Gasteiger partial charge in [-0.15, -0.1) is 0 Å². The summed E-state index contributed by atoms with van der Waals surface area (Å²) in [6.07, 6.45) is 2.02. The molecule has 0 spiro atoms. The molecule has 1 unspecified atom stereocenters. The number of hydrogen-bond acceptors (Lipinski definition) is 5. The van der Waals surface area contributed by atoms with Crippen molar-refractivity contribution in [3.05, 3.63) is 11.7 Å². The Morgan fingerprint density at radius 3 is 3.00 bits per heavy atom. The third kappa shape index (κ3) is 3.73. The first-order chi connectivity index (χ1) is 9.66. The molecule has 0 aromatic carbocycles. The third-order valence-electron chi connectivity index (χ3n) is 3.51. The molecule has 0 radical (unpaired) electrons. The summed E-state index contributed by atoms with van der Waals surface area (Å²) in [6, 6.07) is 0. The molecular weight excluding hydrogens is 268 g/mol. The maximum Gasteiger partial charge on any atom is 0.261 e. The number of nitrogens with one attached hydrogen (secondary N) is 1. The van der Waals surface area contributed by atoms with Crippen LogP contribution >= 0.6 is 0 Å². The van der Waals surface area contributed by atoms with E-state index in [1.807, 2.05) is 0 Å². The van der Waals surface area contributed by atoms with Crippen LogP contribution in [0.2, 0.25) is 0 Å². The monoisotopic (exact) mass is 289 g/mol. The number of halogens is 2. The Labute approximate surface area is 117 Å². The van der Waals surface area contributed by atoms with Crippen molar-refractivity contribution >= 4 is 0 Å². The summed E-state index contributed by atoms with van der Waals surface area (Å²) in [7, 11) is 0. The van der Waals surface area contributed by atoms with Gasteiger partial charge in [-0.3, -0.25) is 0 Å². The van der Waals surface area contributed by atoms with Crippen LogP contribution in [0.3, 0.4) is 0 Å². The first-order valence-electron chi connectivity index (χ1n) is 7.10. The van der Waals surface area contributed by atoms with Crippen molar-refractivity contribution in [2.75, 3.05) is 19.8 Å². The lowest BCUT2D eigenvalue weighted by molar-refractivity contribution is 0.0182. The van der Waals surface area contributed by atoms with Crippen LogP contribution < -0.4 is 5.32 Å². The van der Waals surface area contributed by atoms with Crippen molar-refractivity contribution in [2.45, 2.75) is 51.0 Å². The molecule has 7 heteroatoms. The van der Waals surface area contributed by atoms with Crippen LogP contribution in [-0.2, 0) is 16.7 Å². The van der Waals surface area contributed by atoms with E-state index in [4.69, 9.17) is 9.26 Å². The van der Waals surface area contributed by atoms with E-state index in [9.17, 15) is 8.78 Å². The number of hydrogen-bond donors (Lipinski definition) is 1. The van der Waals surface area contributed by atoms with Gasteiger partial charge in [-0.25, -0.2) is 8.78 Å². The van der Waals surface area contributed by atoms with Crippen LogP contribution in [0, 0.1) is 0 Å². The zero-order valence-electron chi connectivity index (χ0n) is 11.7. The molecule has 1 N–H and O–H groups in total. The first kappa shape index (κ1) is 15.3. The van der Waals surface area contributed by atoms with Gasteiger partial charge in [-0.1, -0.05) is 18.5 Å². The lowest BCUT2D eigenvalue weighted by atomic mass is 9.92. The molecule has 5 nitrogen and oxygen atoms in total. The zero-order valence-corrected chi connectivity index (χ0v) is 11.7. The van der Waals surface area contributed by atoms with Gasteiger partial charge in [0.05, 0.1) is 12.1 Å². The quantitative estimate of drug-likeness (QED) is 0.744. The molecule has 1 fully saturated rings. The molecule has 0 bridgehead atoms. The van der Waals surface area contributed by atoms with Gasteiger partial charge >= 0.3 is 0 Å². The number of aromatic nitrogens is 2. The molecule has 114 valence electrons. The normalized spacial score (nSPS) is 22.8. The van der Waals surface area contributed by atoms with Crippen molar-refractivity contribution in [1.29, 1.82) is 0 Å². The summed E-state index contributed by atoms with van der Waals surface area (Å²) in [6.45, 7) is 2.70. The fraction of sp³-hybridized carbons (Fsp3) is 0.846. The second-order valence-electron chi connectivity index (χ2n) is 5.09. The number of alkyl halides is 2. The highest BCUT2D eigenvalue weighted by molar-refractivity contribution is 5.06. The maximum atomic E-state index is 11.9. The molecule has 0 amide bonds. The second kappa shape index (κ2) is 7.08. The Kier molecular flexibility index (Phi) is 5.42. The Morgan fingerprint density at radius 1 is 1.50 bits per heavy atom. The minimum absolute atomic E-state index is 0.178. The van der Waals surface area contributed by atoms with Gasteiger partial charge in [-0.05, 0) is 25.8 Å². The molecule has 1 saturated heterocycles. The van der Waals surface area contributed by atoms with Crippen LogP contribution in [0.25, 0.3) is 0 Å². The number of ether oxygens (including phenoxy) is 1. The molecule has 1 aliphatic rings. The summed E-state index contributed by atoms with van der Waals surface area (Å²) in [4.78, 5) is 4.39. The highest BCUT2D eigenvalue weighted by Crippen LogP contribution is 2.34. The van der Waals surface area contributed by atoms with Crippen LogP contribution in [0.1, 0.15) is 44.3 Å². The summed E-state index contributed by atoms with van der Waals surface area (Å²) in [5.41, 5.74) is -0.205. The van der Waals surface area contributed by atoms with Gasteiger partial charge in [0.25, 0.3) is 6.43 Å². The summed E-state index contributed by atoms with van der Waals surface area (Å²) in [5.74, 6) is 1.12. The Morgan fingerprint density at radius 2 is 2.35 bits per heavy atom. The molecule has 2 heterocycles. The molecule has 1 aromatic heterocycles. The molecule has 1 atom stereocenters. The Bertz CT molecular complexity index is 406. The molecule has 20 heavy (non-hydrogen) atoms. The smallest absolute Gasteiger partial charge is 0.261 e. The van der Waals surface area contributed by atoms with Crippen molar-refractivity contribution in [2.24, 2.45) is 0 Å². The van der Waals surface area contributed by atoms with E-state index in [1.165, 1.54) is 0 Å². The minimum atomic E-state index is -2.44. The van der Waals surface area contributed by atoms with Crippen LogP contribution in [0.15, 0.2) is 4.52 Å². The van der Waals surface area contributed by atoms with Crippen molar-refractivity contribution in [1.82, 2.24) is 15.5 Å². The topological polar surface area (TPSA) is 60.2 Å². The number of rotatable bonds is 8. The van der Waals surface area contributed by atoms with E-state index >= 15 is 0 Å². The van der Waals surface area contributed by atoms with Crippen molar-refractivity contribution in [3.8, 4) is 0 Å². The first-order valence-corrected chi connectivity index (χ1v) is 7.10. The van der Waals surface area contributed by atoms with Crippen molar-refractivity contribution in [3.63, 3.8) is 0 Å². The summed E-state index contributed by atoms with van der Waals surface area (Å²) < 4.78 is 34.0. The maximum absolute atomic E-state index is 11.9. The van der Waals surface area contributed by atoms with Gasteiger partial charge < -0.3 is 14.6 Å². The standard InChI is InChI=1S/C13H21F2N3O2/c1-2-5-13(6-3-7-16-13)12-17-11(18-20-12)4-8-19-9-10(14)15/h10,16H,2-9H2,1H3. The fourth-order valence-electron chi connectivity index (χ4n) is 2.62. The van der Waals surface area contributed by atoms with Crippen LogP contribution in [0.4, 0.5) is 8.78 Å². The second-order valence-corrected chi connectivity index (χ2v) is 5.09. The highest BCUT2D eigenvalue weighted by Gasteiger charge is 2.39. The van der Waals surface area contributed by atoms with E-state index in [-0.39, 0.29) is 12.1 Å². The molecular formula is C13H21F2N3O2. The van der Waals surface area contributed by atoms with Gasteiger partial charge in [0.15, 0.2) is 5.82 Å². The predicted molar refractivity (Wildman–Crippen MR) is 68.6 cm³/mol. The molecule has 1 aromatic rings. The molecule has 1 aliphatic heterocycles. The van der Waals surface area contributed by atoms with Gasteiger partial charge in [0.1, 0.15) is 6.61 Å². The van der Waals surface area contributed by atoms with E-state index in [0.29, 0.717) is 18.1 Å². The average molecular weight is 289 g/mol. The molecule has 0 aliphatic carbocycles. The van der Waals surface area contributed by atoms with E-state index < -0.39 is 13.0 Å². The largest absolute Gasteiger partial charge is 0.375 e. The van der Waals surface area contributed by atoms with E-state index in [2.05, 4.69) is 22.4 Å². The molecule has 0 saturated carbocycles. The van der Waals surface area contributed by atoms with Crippen molar-refractivity contribution < 1.29 is 18.0 Å². The fourth-order valence-corrected chi connectivity index (χ4v) is 2.62. The van der Waals surface area contributed by atoms with Gasteiger partial charge in [0.2, 0.25) is 5.89 Å². The number of nitrogens with zero attached hydrogens (tertiary/aromatic N) is 2. The molecule has 2 rings (SSSR count). The summed E-state index contributed by atoms with van der Waals surface area (Å²) >= 11 is 0. The lowest BCUT2D eigenvalue weighted by Gasteiger charge is -2.24. The van der Waals surface area contributed by atoms with Crippen LogP contribution in [-0.4, -0.2) is 36.3 Å².